The summed E-state index contributed by atoms with van der Waals surface area (Å²) in [6.07, 6.45) is 1.74. The standard InChI is InChI=1S/C17H13NO2/c1-12-18-16(17(19)20-12)11-13-6-5-9-15(10-13)14-7-3-2-4-8-14/h2-11H,1H3/b16-11-. The molecule has 0 atom stereocenters. The van der Waals surface area contributed by atoms with E-state index >= 15 is 0 Å². The van der Waals surface area contributed by atoms with Gasteiger partial charge in [-0.1, -0.05) is 48.5 Å². The minimum Gasteiger partial charge on any atom is -0.407 e. The lowest BCUT2D eigenvalue weighted by Crippen LogP contribution is -1.99. The van der Waals surface area contributed by atoms with Crippen LogP contribution in [0.1, 0.15) is 12.5 Å². The van der Waals surface area contributed by atoms with E-state index in [1.807, 2.05) is 42.5 Å². The summed E-state index contributed by atoms with van der Waals surface area (Å²) in [4.78, 5) is 15.6. The molecule has 98 valence electrons. The minimum atomic E-state index is -0.396. The van der Waals surface area contributed by atoms with Gasteiger partial charge in [0.2, 0.25) is 0 Å². The Labute approximate surface area is 117 Å². The molecule has 3 heteroatoms. The molecule has 2 aromatic carbocycles. The van der Waals surface area contributed by atoms with E-state index in [0.29, 0.717) is 11.6 Å². The van der Waals surface area contributed by atoms with Gasteiger partial charge in [0.15, 0.2) is 11.6 Å². The van der Waals surface area contributed by atoms with E-state index in [9.17, 15) is 4.79 Å². The van der Waals surface area contributed by atoms with Crippen molar-refractivity contribution in [1.29, 1.82) is 0 Å². The van der Waals surface area contributed by atoms with Gasteiger partial charge in [-0.2, -0.15) is 0 Å². The maximum absolute atomic E-state index is 11.5. The van der Waals surface area contributed by atoms with Gasteiger partial charge < -0.3 is 4.74 Å². The molecule has 0 amide bonds. The highest BCUT2D eigenvalue weighted by Gasteiger charge is 2.19. The highest BCUT2D eigenvalue weighted by atomic mass is 16.6. The molecule has 0 aliphatic carbocycles. The largest absolute Gasteiger partial charge is 0.407 e. The Morgan fingerprint density at radius 1 is 1.00 bits per heavy atom. The van der Waals surface area contributed by atoms with Crippen LogP contribution in [0.2, 0.25) is 0 Å². The predicted octanol–water partition coefficient (Wildman–Crippen LogP) is 3.67. The van der Waals surface area contributed by atoms with Gasteiger partial charge in [-0.15, -0.1) is 0 Å². The summed E-state index contributed by atoms with van der Waals surface area (Å²) >= 11 is 0. The molecule has 0 radical (unpaired) electrons. The molecule has 1 aliphatic rings. The van der Waals surface area contributed by atoms with E-state index in [-0.39, 0.29) is 0 Å². The first-order valence-electron chi connectivity index (χ1n) is 6.37. The highest BCUT2D eigenvalue weighted by molar-refractivity contribution is 6.06. The smallest absolute Gasteiger partial charge is 0.363 e. The van der Waals surface area contributed by atoms with Gasteiger partial charge in [0.1, 0.15) is 0 Å². The molecular weight excluding hydrogens is 250 g/mol. The first-order chi connectivity index (χ1) is 9.72. The number of aliphatic imine (C=N–C) groups is 1. The van der Waals surface area contributed by atoms with E-state index in [1.54, 1.807) is 13.0 Å². The molecule has 0 spiro atoms. The van der Waals surface area contributed by atoms with Crippen LogP contribution in [0.3, 0.4) is 0 Å². The molecule has 0 saturated heterocycles. The molecular formula is C17H13NO2. The number of ether oxygens (including phenoxy) is 1. The Bertz CT molecular complexity index is 715. The lowest BCUT2D eigenvalue weighted by Gasteiger charge is -2.02. The molecule has 0 unspecified atom stereocenters. The maximum Gasteiger partial charge on any atom is 0.363 e. The Morgan fingerprint density at radius 2 is 1.75 bits per heavy atom. The molecule has 3 rings (SSSR count). The van der Waals surface area contributed by atoms with Crippen LogP contribution in [-0.4, -0.2) is 11.9 Å². The quantitative estimate of drug-likeness (QED) is 0.612. The lowest BCUT2D eigenvalue weighted by atomic mass is 10.0. The second-order valence-corrected chi connectivity index (χ2v) is 4.54. The molecule has 0 saturated carbocycles. The zero-order chi connectivity index (χ0) is 13.9. The van der Waals surface area contributed by atoms with Crippen LogP contribution < -0.4 is 0 Å². The van der Waals surface area contributed by atoms with Crippen molar-refractivity contribution in [3.63, 3.8) is 0 Å². The number of carbonyl (C=O) groups is 1. The normalized spacial score (nSPS) is 16.1. The monoisotopic (exact) mass is 263 g/mol. The Hall–Kier alpha value is -2.68. The zero-order valence-electron chi connectivity index (χ0n) is 11.0. The molecule has 1 heterocycles. The summed E-state index contributed by atoms with van der Waals surface area (Å²) < 4.78 is 4.90. The molecule has 3 nitrogen and oxygen atoms in total. The van der Waals surface area contributed by atoms with Gasteiger partial charge in [-0.3, -0.25) is 0 Å². The molecule has 0 fully saturated rings. The van der Waals surface area contributed by atoms with Crippen molar-refractivity contribution < 1.29 is 9.53 Å². The van der Waals surface area contributed by atoms with Crippen LogP contribution in [0.4, 0.5) is 0 Å². The number of carbonyl (C=O) groups excluding carboxylic acids is 1. The molecule has 0 N–H and O–H groups in total. The predicted molar refractivity (Wildman–Crippen MR) is 79.1 cm³/mol. The van der Waals surface area contributed by atoms with E-state index in [4.69, 9.17) is 4.74 Å². The number of hydrogen-bond acceptors (Lipinski definition) is 3. The SMILES string of the molecule is CC1=N/C(=C\c2cccc(-c3ccccc3)c2)C(=O)O1. The topological polar surface area (TPSA) is 38.7 Å². The summed E-state index contributed by atoms with van der Waals surface area (Å²) in [5.41, 5.74) is 3.51. The molecule has 1 aliphatic heterocycles. The molecule has 0 bridgehead atoms. The summed E-state index contributed by atoms with van der Waals surface area (Å²) in [5.74, 6) is -0.00641. The van der Waals surface area contributed by atoms with E-state index in [0.717, 1.165) is 16.7 Å². The third-order valence-corrected chi connectivity index (χ3v) is 3.02. The van der Waals surface area contributed by atoms with Gasteiger partial charge >= 0.3 is 5.97 Å². The summed E-state index contributed by atoms with van der Waals surface area (Å²) in [6.45, 7) is 1.67. The number of benzene rings is 2. The lowest BCUT2D eigenvalue weighted by molar-refractivity contribution is -0.130. The number of rotatable bonds is 2. The summed E-state index contributed by atoms with van der Waals surface area (Å²) in [5, 5.41) is 0. The van der Waals surface area contributed by atoms with Crippen LogP contribution in [0.15, 0.2) is 65.3 Å². The maximum atomic E-state index is 11.5. The van der Waals surface area contributed by atoms with Crippen LogP contribution in [0.25, 0.3) is 17.2 Å². The number of esters is 1. The molecule has 20 heavy (non-hydrogen) atoms. The molecule has 0 aromatic heterocycles. The van der Waals surface area contributed by atoms with Crippen LogP contribution in [0.5, 0.6) is 0 Å². The van der Waals surface area contributed by atoms with Gasteiger partial charge in [0.05, 0.1) is 0 Å². The number of hydrogen-bond donors (Lipinski definition) is 0. The first kappa shape index (κ1) is 12.4. The second kappa shape index (κ2) is 5.13. The number of cyclic esters (lactones) is 1. The van der Waals surface area contributed by atoms with Crippen molar-refractivity contribution >= 4 is 17.9 Å². The van der Waals surface area contributed by atoms with Crippen LogP contribution >= 0.6 is 0 Å². The number of nitrogens with zero attached hydrogens (tertiary/aromatic N) is 1. The average Bonchev–Trinajstić information content (AvgIpc) is 2.78. The fourth-order valence-corrected chi connectivity index (χ4v) is 2.11. The van der Waals surface area contributed by atoms with E-state index < -0.39 is 5.97 Å². The van der Waals surface area contributed by atoms with Gasteiger partial charge in [0, 0.05) is 6.92 Å². The Balaban J connectivity index is 1.97. The van der Waals surface area contributed by atoms with Crippen molar-refractivity contribution in [2.75, 3.05) is 0 Å². The van der Waals surface area contributed by atoms with Crippen molar-refractivity contribution in [3.05, 3.63) is 65.9 Å². The van der Waals surface area contributed by atoms with Crippen molar-refractivity contribution in [2.24, 2.45) is 4.99 Å². The molecule has 2 aromatic rings. The van der Waals surface area contributed by atoms with Gasteiger partial charge in [-0.25, -0.2) is 9.79 Å². The fraction of sp³-hybridized carbons (Fsp3) is 0.0588. The highest BCUT2D eigenvalue weighted by Crippen LogP contribution is 2.22. The third-order valence-electron chi connectivity index (χ3n) is 3.02. The summed E-state index contributed by atoms with van der Waals surface area (Å²) in [7, 11) is 0. The van der Waals surface area contributed by atoms with E-state index in [2.05, 4.69) is 17.1 Å². The third kappa shape index (κ3) is 2.52. The van der Waals surface area contributed by atoms with Crippen molar-refractivity contribution in [2.45, 2.75) is 6.92 Å². The zero-order valence-corrected chi connectivity index (χ0v) is 11.0. The summed E-state index contributed by atoms with van der Waals surface area (Å²) in [6, 6.07) is 18.1. The Morgan fingerprint density at radius 3 is 2.45 bits per heavy atom. The Kier molecular flexibility index (Phi) is 3.17. The van der Waals surface area contributed by atoms with Crippen LogP contribution in [-0.2, 0) is 9.53 Å². The van der Waals surface area contributed by atoms with E-state index in [1.165, 1.54) is 0 Å². The fourth-order valence-electron chi connectivity index (χ4n) is 2.11. The average molecular weight is 263 g/mol. The van der Waals surface area contributed by atoms with Crippen molar-refractivity contribution in [1.82, 2.24) is 0 Å². The second-order valence-electron chi connectivity index (χ2n) is 4.54. The first-order valence-corrected chi connectivity index (χ1v) is 6.37. The minimum absolute atomic E-state index is 0.340. The van der Waals surface area contributed by atoms with Crippen LogP contribution in [0, 0.1) is 0 Å². The van der Waals surface area contributed by atoms with Gasteiger partial charge in [0.25, 0.3) is 0 Å². The van der Waals surface area contributed by atoms with Gasteiger partial charge in [-0.05, 0) is 28.8 Å². The van der Waals surface area contributed by atoms with Crippen molar-refractivity contribution in [3.8, 4) is 11.1 Å².